The van der Waals surface area contributed by atoms with Gasteiger partial charge in [0, 0.05) is 17.1 Å². The lowest BCUT2D eigenvalue weighted by Gasteiger charge is -2.17. The van der Waals surface area contributed by atoms with Crippen LogP contribution in [-0.2, 0) is 6.54 Å². The van der Waals surface area contributed by atoms with Crippen molar-refractivity contribution in [2.75, 3.05) is 0 Å². The molecule has 0 fully saturated rings. The summed E-state index contributed by atoms with van der Waals surface area (Å²) in [5.41, 5.74) is 6.80. The van der Waals surface area contributed by atoms with E-state index in [1.165, 1.54) is 27.8 Å². The number of hydrogen-bond acceptors (Lipinski definition) is 1. The molecule has 0 aliphatic rings. The third-order valence-corrected chi connectivity index (χ3v) is 4.27. The molecular weight excluding hydrogens is 310 g/mol. The van der Waals surface area contributed by atoms with Crippen LogP contribution in [0.25, 0.3) is 0 Å². The molecule has 20 heavy (non-hydrogen) atoms. The molecule has 1 nitrogen and oxygen atoms in total. The van der Waals surface area contributed by atoms with Gasteiger partial charge in [0.1, 0.15) is 0 Å². The highest BCUT2D eigenvalue weighted by Gasteiger charge is 2.08. The molecule has 2 rings (SSSR count). The minimum absolute atomic E-state index is 0.340. The van der Waals surface area contributed by atoms with Gasteiger partial charge in [-0.15, -0.1) is 0 Å². The van der Waals surface area contributed by atoms with Crippen LogP contribution in [-0.4, -0.2) is 0 Å². The van der Waals surface area contributed by atoms with E-state index in [1.807, 2.05) is 0 Å². The number of hydrogen-bond donors (Lipinski definition) is 1. The van der Waals surface area contributed by atoms with Crippen molar-refractivity contribution >= 4 is 15.9 Å². The molecule has 0 heterocycles. The Labute approximate surface area is 130 Å². The van der Waals surface area contributed by atoms with E-state index in [4.69, 9.17) is 0 Å². The monoisotopic (exact) mass is 331 g/mol. The number of rotatable bonds is 4. The van der Waals surface area contributed by atoms with Crippen LogP contribution in [0.15, 0.2) is 40.9 Å². The van der Waals surface area contributed by atoms with Gasteiger partial charge in [0.05, 0.1) is 0 Å². The zero-order valence-electron chi connectivity index (χ0n) is 12.6. The second kappa shape index (κ2) is 6.55. The topological polar surface area (TPSA) is 12.0 Å². The molecular formula is C18H22BrN. The van der Waals surface area contributed by atoms with Gasteiger partial charge in [-0.25, -0.2) is 0 Å². The Morgan fingerprint density at radius 3 is 2.30 bits per heavy atom. The molecule has 106 valence electrons. The van der Waals surface area contributed by atoms with E-state index in [0.29, 0.717) is 6.04 Å². The summed E-state index contributed by atoms with van der Waals surface area (Å²) in [6.07, 6.45) is 0. The van der Waals surface area contributed by atoms with Crippen molar-refractivity contribution < 1.29 is 0 Å². The molecule has 1 N–H and O–H groups in total. The lowest BCUT2D eigenvalue weighted by Crippen LogP contribution is -2.19. The van der Waals surface area contributed by atoms with Crippen LogP contribution >= 0.6 is 15.9 Å². The van der Waals surface area contributed by atoms with Gasteiger partial charge in [-0.05, 0) is 62.1 Å². The Morgan fingerprint density at radius 2 is 1.70 bits per heavy atom. The van der Waals surface area contributed by atoms with Crippen molar-refractivity contribution in [1.82, 2.24) is 5.32 Å². The summed E-state index contributed by atoms with van der Waals surface area (Å²) in [6.45, 7) is 9.66. The van der Waals surface area contributed by atoms with E-state index < -0.39 is 0 Å². The Kier molecular flexibility index (Phi) is 5.00. The number of halogens is 1. The van der Waals surface area contributed by atoms with Gasteiger partial charge in [0.15, 0.2) is 0 Å². The minimum atomic E-state index is 0.340. The Morgan fingerprint density at radius 1 is 1.05 bits per heavy atom. The number of benzene rings is 2. The van der Waals surface area contributed by atoms with E-state index in [9.17, 15) is 0 Å². The zero-order valence-corrected chi connectivity index (χ0v) is 14.2. The van der Waals surface area contributed by atoms with Crippen LogP contribution in [0.5, 0.6) is 0 Å². The normalized spacial score (nSPS) is 12.4. The van der Waals surface area contributed by atoms with Crippen LogP contribution in [0.4, 0.5) is 0 Å². The van der Waals surface area contributed by atoms with Crippen molar-refractivity contribution in [1.29, 1.82) is 0 Å². The number of aryl methyl sites for hydroxylation is 3. The smallest absolute Gasteiger partial charge is 0.0295 e. The molecule has 0 radical (unpaired) electrons. The summed E-state index contributed by atoms with van der Waals surface area (Å²) < 4.78 is 1.13. The van der Waals surface area contributed by atoms with E-state index in [0.717, 1.165) is 11.0 Å². The second-order valence-electron chi connectivity index (χ2n) is 5.53. The van der Waals surface area contributed by atoms with Gasteiger partial charge < -0.3 is 5.32 Å². The molecule has 0 unspecified atom stereocenters. The molecule has 0 aromatic heterocycles. The first-order chi connectivity index (χ1) is 9.47. The van der Waals surface area contributed by atoms with Gasteiger partial charge >= 0.3 is 0 Å². The SMILES string of the molecule is Cc1cc(C)c(CN[C@@H](C)c2cccc(Br)c2)c(C)c1. The van der Waals surface area contributed by atoms with Crippen molar-refractivity contribution in [3.63, 3.8) is 0 Å². The third-order valence-electron chi connectivity index (χ3n) is 3.77. The summed E-state index contributed by atoms with van der Waals surface area (Å²) in [6, 6.07) is 13.3. The Bertz CT molecular complexity index is 581. The molecule has 0 saturated carbocycles. The molecule has 0 amide bonds. The van der Waals surface area contributed by atoms with E-state index in [2.05, 4.69) is 85.3 Å². The maximum absolute atomic E-state index is 3.62. The second-order valence-corrected chi connectivity index (χ2v) is 6.45. The molecule has 0 bridgehead atoms. The molecule has 2 aromatic carbocycles. The highest BCUT2D eigenvalue weighted by molar-refractivity contribution is 9.10. The van der Waals surface area contributed by atoms with Gasteiger partial charge in [-0.1, -0.05) is 45.8 Å². The van der Waals surface area contributed by atoms with E-state index in [1.54, 1.807) is 0 Å². The van der Waals surface area contributed by atoms with Gasteiger partial charge in [0.25, 0.3) is 0 Å². The number of nitrogens with one attached hydrogen (secondary N) is 1. The molecule has 2 aromatic rings. The zero-order chi connectivity index (χ0) is 14.7. The maximum atomic E-state index is 3.62. The van der Waals surface area contributed by atoms with Crippen LogP contribution in [0.3, 0.4) is 0 Å². The van der Waals surface area contributed by atoms with Crippen LogP contribution in [0.2, 0.25) is 0 Å². The lowest BCUT2D eigenvalue weighted by molar-refractivity contribution is 0.572. The average molecular weight is 332 g/mol. The average Bonchev–Trinajstić information content (AvgIpc) is 2.37. The minimum Gasteiger partial charge on any atom is -0.306 e. The predicted molar refractivity (Wildman–Crippen MR) is 90.0 cm³/mol. The standard InChI is InChI=1S/C18H22BrN/c1-12-8-13(2)18(14(3)9-12)11-20-15(4)16-6-5-7-17(19)10-16/h5-10,15,20H,11H2,1-4H3/t15-/m0/s1. The third kappa shape index (κ3) is 3.71. The largest absolute Gasteiger partial charge is 0.306 e. The quantitative estimate of drug-likeness (QED) is 0.809. The molecule has 0 saturated heterocycles. The highest BCUT2D eigenvalue weighted by Crippen LogP contribution is 2.20. The van der Waals surface area contributed by atoms with Crippen molar-refractivity contribution in [3.05, 3.63) is 68.7 Å². The summed E-state index contributed by atoms with van der Waals surface area (Å²) in [4.78, 5) is 0. The maximum Gasteiger partial charge on any atom is 0.0295 e. The first-order valence-electron chi connectivity index (χ1n) is 7.03. The Balaban J connectivity index is 2.09. The fraction of sp³-hybridized carbons (Fsp3) is 0.333. The molecule has 1 atom stereocenters. The molecule has 0 spiro atoms. The van der Waals surface area contributed by atoms with Crippen LogP contribution in [0.1, 0.15) is 40.8 Å². The summed E-state index contributed by atoms with van der Waals surface area (Å²) in [7, 11) is 0. The summed E-state index contributed by atoms with van der Waals surface area (Å²) >= 11 is 3.53. The van der Waals surface area contributed by atoms with E-state index >= 15 is 0 Å². The fourth-order valence-electron chi connectivity index (χ4n) is 2.64. The van der Waals surface area contributed by atoms with E-state index in [-0.39, 0.29) is 0 Å². The van der Waals surface area contributed by atoms with Gasteiger partial charge in [-0.3, -0.25) is 0 Å². The van der Waals surface area contributed by atoms with Gasteiger partial charge in [-0.2, -0.15) is 0 Å². The Hall–Kier alpha value is -1.12. The van der Waals surface area contributed by atoms with Crippen molar-refractivity contribution in [2.24, 2.45) is 0 Å². The lowest BCUT2D eigenvalue weighted by atomic mass is 9.99. The first-order valence-corrected chi connectivity index (χ1v) is 7.82. The predicted octanol–water partition coefficient (Wildman–Crippen LogP) is 5.23. The van der Waals surface area contributed by atoms with Crippen LogP contribution < -0.4 is 5.32 Å². The fourth-order valence-corrected chi connectivity index (χ4v) is 3.05. The molecule has 2 heteroatoms. The van der Waals surface area contributed by atoms with Crippen molar-refractivity contribution in [3.8, 4) is 0 Å². The first kappa shape index (κ1) is 15.3. The molecule has 0 aliphatic heterocycles. The summed E-state index contributed by atoms with van der Waals surface area (Å²) in [5.74, 6) is 0. The summed E-state index contributed by atoms with van der Waals surface area (Å²) in [5, 5.41) is 3.62. The van der Waals surface area contributed by atoms with Crippen LogP contribution in [0, 0.1) is 20.8 Å². The van der Waals surface area contributed by atoms with Crippen molar-refractivity contribution in [2.45, 2.75) is 40.3 Å². The van der Waals surface area contributed by atoms with Gasteiger partial charge in [0.2, 0.25) is 0 Å². The highest BCUT2D eigenvalue weighted by atomic mass is 79.9. The molecule has 0 aliphatic carbocycles.